The van der Waals surface area contributed by atoms with Gasteiger partial charge in [0.05, 0.1) is 5.56 Å². The molecule has 0 aromatic heterocycles. The Morgan fingerprint density at radius 1 is 1.10 bits per heavy atom. The molecule has 0 spiro atoms. The molecule has 2 nitrogen and oxygen atoms in total. The Bertz CT molecular complexity index is 652. The molecule has 0 amide bonds. The minimum Gasteiger partial charge on any atom is -0.480 e. The molecule has 0 saturated heterocycles. The van der Waals surface area contributed by atoms with Crippen LogP contribution >= 0.6 is 11.8 Å². The number of para-hydroxylation sites is 1. The third-order valence-corrected chi connectivity index (χ3v) is 4.13. The standard InChI is InChI=1S/C15H10F2O2S/c16-9-4-3-5-10(17)14(9)15(18)12-8-20-13-7-2-1-6-11(13)19-12/h1-7,12H,8H2. The average molecular weight is 292 g/mol. The van der Waals surface area contributed by atoms with Crippen LogP contribution in [-0.2, 0) is 0 Å². The largest absolute Gasteiger partial charge is 0.480 e. The summed E-state index contributed by atoms with van der Waals surface area (Å²) in [6, 6.07) is 10.6. The second-order valence-corrected chi connectivity index (χ2v) is 5.39. The fraction of sp³-hybridized carbons (Fsp3) is 0.133. The zero-order chi connectivity index (χ0) is 14.1. The number of rotatable bonds is 2. The zero-order valence-corrected chi connectivity index (χ0v) is 11.1. The summed E-state index contributed by atoms with van der Waals surface area (Å²) in [5.41, 5.74) is -0.530. The third kappa shape index (κ3) is 2.29. The summed E-state index contributed by atoms with van der Waals surface area (Å²) >= 11 is 1.44. The molecule has 0 N–H and O–H groups in total. The summed E-state index contributed by atoms with van der Waals surface area (Å²) in [5.74, 6) is -1.48. The van der Waals surface area contributed by atoms with E-state index >= 15 is 0 Å². The van der Waals surface area contributed by atoms with Crippen LogP contribution in [0.5, 0.6) is 5.75 Å². The number of ether oxygens (including phenoxy) is 1. The Morgan fingerprint density at radius 2 is 1.80 bits per heavy atom. The highest BCUT2D eigenvalue weighted by Gasteiger charge is 2.30. The van der Waals surface area contributed by atoms with Crippen LogP contribution in [0.4, 0.5) is 8.78 Å². The Kier molecular flexibility index (Phi) is 3.44. The molecule has 1 atom stereocenters. The van der Waals surface area contributed by atoms with Gasteiger partial charge in [-0.05, 0) is 24.3 Å². The Hall–Kier alpha value is -1.88. The summed E-state index contributed by atoms with van der Waals surface area (Å²) in [6.07, 6.45) is -0.874. The number of fused-ring (bicyclic) bond motifs is 1. The van der Waals surface area contributed by atoms with Crippen molar-refractivity contribution in [3.05, 3.63) is 59.7 Å². The third-order valence-electron chi connectivity index (χ3n) is 3.01. The molecule has 2 aromatic rings. The van der Waals surface area contributed by atoms with Crippen LogP contribution < -0.4 is 4.74 Å². The summed E-state index contributed by atoms with van der Waals surface area (Å²) < 4.78 is 32.8. The van der Waals surface area contributed by atoms with E-state index in [0.29, 0.717) is 11.5 Å². The normalized spacial score (nSPS) is 17.2. The van der Waals surface area contributed by atoms with Crippen LogP contribution in [0.25, 0.3) is 0 Å². The molecule has 0 aliphatic carbocycles. The lowest BCUT2D eigenvalue weighted by Gasteiger charge is -2.24. The first kappa shape index (κ1) is 13.1. The number of hydrogen-bond donors (Lipinski definition) is 0. The molecule has 0 bridgehead atoms. The summed E-state index contributed by atoms with van der Waals surface area (Å²) in [5, 5.41) is 0. The first-order valence-corrected chi connectivity index (χ1v) is 7.02. The molecule has 3 rings (SSSR count). The molecule has 1 aliphatic rings. The minimum absolute atomic E-state index is 0.337. The number of carbonyl (C=O) groups is 1. The molecule has 1 heterocycles. The van der Waals surface area contributed by atoms with Gasteiger partial charge in [-0.3, -0.25) is 4.79 Å². The van der Waals surface area contributed by atoms with Crippen LogP contribution in [0.3, 0.4) is 0 Å². The summed E-state index contributed by atoms with van der Waals surface area (Å²) in [6.45, 7) is 0. The monoisotopic (exact) mass is 292 g/mol. The zero-order valence-electron chi connectivity index (χ0n) is 10.3. The predicted molar refractivity (Wildman–Crippen MR) is 72.3 cm³/mol. The van der Waals surface area contributed by atoms with Gasteiger partial charge in [0.1, 0.15) is 17.4 Å². The van der Waals surface area contributed by atoms with E-state index in [0.717, 1.165) is 17.0 Å². The van der Waals surface area contributed by atoms with Crippen molar-refractivity contribution in [2.45, 2.75) is 11.0 Å². The fourth-order valence-electron chi connectivity index (χ4n) is 2.04. The number of benzene rings is 2. The molecule has 1 aliphatic heterocycles. The number of carbonyl (C=O) groups excluding carboxylic acids is 1. The van der Waals surface area contributed by atoms with Crippen molar-refractivity contribution in [2.75, 3.05) is 5.75 Å². The van der Waals surface area contributed by atoms with Crippen molar-refractivity contribution in [3.8, 4) is 5.75 Å². The van der Waals surface area contributed by atoms with Crippen molar-refractivity contribution in [2.24, 2.45) is 0 Å². The molecule has 0 fully saturated rings. The quantitative estimate of drug-likeness (QED) is 0.789. The number of ketones is 1. The molecule has 1 unspecified atom stereocenters. The van der Waals surface area contributed by atoms with E-state index in [9.17, 15) is 13.6 Å². The number of Topliss-reactive ketones (excluding diaryl/α,β-unsaturated/α-hetero) is 1. The van der Waals surface area contributed by atoms with Gasteiger partial charge < -0.3 is 4.74 Å². The van der Waals surface area contributed by atoms with E-state index in [2.05, 4.69) is 0 Å². The Labute approximate surface area is 118 Å². The molecular weight excluding hydrogens is 282 g/mol. The van der Waals surface area contributed by atoms with Gasteiger partial charge in [-0.15, -0.1) is 11.8 Å². The van der Waals surface area contributed by atoms with Crippen LogP contribution in [0.1, 0.15) is 10.4 Å². The van der Waals surface area contributed by atoms with E-state index in [4.69, 9.17) is 4.74 Å². The fourth-order valence-corrected chi connectivity index (χ4v) is 3.03. The molecular formula is C15H10F2O2S. The second kappa shape index (κ2) is 5.25. The Balaban J connectivity index is 1.90. The van der Waals surface area contributed by atoms with Crippen molar-refractivity contribution in [1.29, 1.82) is 0 Å². The topological polar surface area (TPSA) is 26.3 Å². The van der Waals surface area contributed by atoms with Crippen LogP contribution in [-0.4, -0.2) is 17.6 Å². The van der Waals surface area contributed by atoms with Gasteiger partial charge in [-0.1, -0.05) is 18.2 Å². The van der Waals surface area contributed by atoms with E-state index in [1.165, 1.54) is 17.8 Å². The van der Waals surface area contributed by atoms with Crippen LogP contribution in [0.2, 0.25) is 0 Å². The SMILES string of the molecule is O=C(c1c(F)cccc1F)C1CSc2ccccc2O1. The van der Waals surface area contributed by atoms with Crippen molar-refractivity contribution < 1.29 is 18.3 Å². The summed E-state index contributed by atoms with van der Waals surface area (Å²) in [4.78, 5) is 13.2. The van der Waals surface area contributed by atoms with Gasteiger partial charge in [0, 0.05) is 10.6 Å². The maximum atomic E-state index is 13.6. The molecule has 0 saturated carbocycles. The highest BCUT2D eigenvalue weighted by Crippen LogP contribution is 2.36. The smallest absolute Gasteiger partial charge is 0.210 e. The number of halogens is 2. The van der Waals surface area contributed by atoms with Crippen LogP contribution in [0, 0.1) is 11.6 Å². The van der Waals surface area contributed by atoms with Crippen molar-refractivity contribution in [1.82, 2.24) is 0 Å². The average Bonchev–Trinajstić information content (AvgIpc) is 2.46. The number of hydrogen-bond acceptors (Lipinski definition) is 3. The first-order chi connectivity index (χ1) is 9.66. The van der Waals surface area contributed by atoms with E-state index in [-0.39, 0.29) is 0 Å². The molecule has 2 aromatic carbocycles. The number of thioether (sulfide) groups is 1. The lowest BCUT2D eigenvalue weighted by Crippen LogP contribution is -2.33. The van der Waals surface area contributed by atoms with Crippen LogP contribution in [0.15, 0.2) is 47.4 Å². The van der Waals surface area contributed by atoms with Gasteiger partial charge in [0.2, 0.25) is 5.78 Å². The van der Waals surface area contributed by atoms with Gasteiger partial charge in [-0.25, -0.2) is 8.78 Å². The highest BCUT2D eigenvalue weighted by atomic mass is 32.2. The lowest BCUT2D eigenvalue weighted by molar-refractivity contribution is 0.0806. The van der Waals surface area contributed by atoms with Crippen molar-refractivity contribution in [3.63, 3.8) is 0 Å². The second-order valence-electron chi connectivity index (χ2n) is 4.33. The van der Waals surface area contributed by atoms with E-state index in [1.807, 2.05) is 12.1 Å². The predicted octanol–water partition coefficient (Wildman–Crippen LogP) is 3.70. The Morgan fingerprint density at radius 3 is 2.55 bits per heavy atom. The van der Waals surface area contributed by atoms with Gasteiger partial charge in [0.15, 0.2) is 6.10 Å². The van der Waals surface area contributed by atoms with Gasteiger partial charge in [0.25, 0.3) is 0 Å². The molecule has 0 radical (unpaired) electrons. The molecule has 20 heavy (non-hydrogen) atoms. The van der Waals surface area contributed by atoms with E-state index in [1.54, 1.807) is 12.1 Å². The minimum atomic E-state index is -0.874. The first-order valence-electron chi connectivity index (χ1n) is 6.03. The molecule has 5 heteroatoms. The maximum Gasteiger partial charge on any atom is 0.210 e. The molecule has 102 valence electrons. The lowest BCUT2D eigenvalue weighted by atomic mass is 10.1. The van der Waals surface area contributed by atoms with E-state index < -0.39 is 29.1 Å². The van der Waals surface area contributed by atoms with Gasteiger partial charge in [-0.2, -0.15) is 0 Å². The van der Waals surface area contributed by atoms with Crippen molar-refractivity contribution >= 4 is 17.5 Å². The maximum absolute atomic E-state index is 13.6. The van der Waals surface area contributed by atoms with Gasteiger partial charge >= 0.3 is 0 Å². The summed E-state index contributed by atoms with van der Waals surface area (Å²) in [7, 11) is 0. The highest BCUT2D eigenvalue weighted by molar-refractivity contribution is 7.99.